The summed E-state index contributed by atoms with van der Waals surface area (Å²) in [7, 11) is 0. The molecule has 6 nitrogen and oxygen atoms in total. The molecule has 1 atom stereocenters. The van der Waals surface area contributed by atoms with Gasteiger partial charge in [-0.1, -0.05) is 60.7 Å². The van der Waals surface area contributed by atoms with Crippen LogP contribution in [0.3, 0.4) is 0 Å². The summed E-state index contributed by atoms with van der Waals surface area (Å²) in [6.45, 7) is 7.44. The van der Waals surface area contributed by atoms with E-state index in [4.69, 9.17) is 0 Å². The van der Waals surface area contributed by atoms with E-state index >= 15 is 0 Å². The van der Waals surface area contributed by atoms with Crippen molar-refractivity contribution in [1.82, 2.24) is 20.4 Å². The van der Waals surface area contributed by atoms with E-state index in [-0.39, 0.29) is 18.0 Å². The third-order valence-corrected chi connectivity index (χ3v) is 5.45. The second-order valence-corrected chi connectivity index (χ2v) is 7.32. The molecule has 6 heteroatoms. The van der Waals surface area contributed by atoms with Crippen molar-refractivity contribution in [2.24, 2.45) is 0 Å². The molecule has 3 amide bonds. The second-order valence-electron chi connectivity index (χ2n) is 7.32. The molecule has 0 spiro atoms. The Balaban J connectivity index is 1.66. The summed E-state index contributed by atoms with van der Waals surface area (Å²) in [5.41, 5.74) is 2.54. The molecule has 3 rings (SSSR count). The van der Waals surface area contributed by atoms with Crippen molar-refractivity contribution in [3.8, 4) is 0 Å². The van der Waals surface area contributed by atoms with E-state index in [1.807, 2.05) is 26.0 Å². The molecule has 2 N–H and O–H groups in total. The van der Waals surface area contributed by atoms with Crippen LogP contribution in [0.2, 0.25) is 0 Å². The number of benzene rings is 2. The van der Waals surface area contributed by atoms with Crippen LogP contribution in [0.4, 0.5) is 4.79 Å². The van der Waals surface area contributed by atoms with E-state index in [9.17, 15) is 9.59 Å². The number of hydrogen-bond donors (Lipinski definition) is 2. The van der Waals surface area contributed by atoms with Gasteiger partial charge in [-0.05, 0) is 25.0 Å². The van der Waals surface area contributed by atoms with Crippen molar-refractivity contribution >= 4 is 11.9 Å². The monoisotopic (exact) mass is 394 g/mol. The zero-order valence-electron chi connectivity index (χ0n) is 17.2. The van der Waals surface area contributed by atoms with Gasteiger partial charge in [0.1, 0.15) is 0 Å². The first-order valence-corrected chi connectivity index (χ1v) is 10.3. The van der Waals surface area contributed by atoms with Gasteiger partial charge in [0.05, 0.1) is 12.1 Å². The molecule has 1 heterocycles. The van der Waals surface area contributed by atoms with Crippen molar-refractivity contribution < 1.29 is 9.59 Å². The SMILES string of the molecule is CCNC(=O)NC(=O)C(C)N1CCN(C(c2ccccc2)c2ccccc2)CC1. The standard InChI is InChI=1S/C23H30N4O2/c1-3-24-23(29)25-22(28)18(2)26-14-16-27(17-15-26)21(19-10-6-4-7-11-19)20-12-8-5-9-13-20/h4-13,18,21H,3,14-17H2,1-2H3,(H2,24,25,28,29). The predicted molar refractivity (Wildman–Crippen MR) is 115 cm³/mol. The number of rotatable bonds is 6. The summed E-state index contributed by atoms with van der Waals surface area (Å²) in [6, 6.07) is 20.5. The molecule has 154 valence electrons. The summed E-state index contributed by atoms with van der Waals surface area (Å²) in [5, 5.41) is 5.01. The molecular weight excluding hydrogens is 364 g/mol. The molecule has 1 aliphatic heterocycles. The van der Waals surface area contributed by atoms with Crippen LogP contribution < -0.4 is 10.6 Å². The highest BCUT2D eigenvalue weighted by molar-refractivity contribution is 5.96. The highest BCUT2D eigenvalue weighted by Gasteiger charge is 2.30. The minimum absolute atomic E-state index is 0.194. The van der Waals surface area contributed by atoms with Gasteiger partial charge in [0, 0.05) is 32.7 Å². The lowest BCUT2D eigenvalue weighted by atomic mass is 9.96. The number of hydrogen-bond acceptors (Lipinski definition) is 4. The van der Waals surface area contributed by atoms with Crippen molar-refractivity contribution in [1.29, 1.82) is 0 Å². The van der Waals surface area contributed by atoms with E-state index in [0.29, 0.717) is 6.54 Å². The average Bonchev–Trinajstić information content (AvgIpc) is 2.75. The van der Waals surface area contributed by atoms with Gasteiger partial charge in [-0.25, -0.2) is 4.79 Å². The van der Waals surface area contributed by atoms with Crippen molar-refractivity contribution in [3.63, 3.8) is 0 Å². The van der Waals surface area contributed by atoms with Gasteiger partial charge in [-0.3, -0.25) is 19.9 Å². The number of carbonyl (C=O) groups is 2. The molecule has 0 aromatic heterocycles. The van der Waals surface area contributed by atoms with Crippen molar-refractivity contribution in [3.05, 3.63) is 71.8 Å². The largest absolute Gasteiger partial charge is 0.338 e. The first kappa shape index (κ1) is 21.0. The Morgan fingerprint density at radius 1 is 0.862 bits per heavy atom. The fourth-order valence-corrected chi connectivity index (χ4v) is 3.85. The molecule has 1 aliphatic rings. The molecule has 1 unspecified atom stereocenters. The first-order chi connectivity index (χ1) is 14.1. The Morgan fingerprint density at radius 2 is 1.34 bits per heavy atom. The highest BCUT2D eigenvalue weighted by Crippen LogP contribution is 2.29. The summed E-state index contributed by atoms with van der Waals surface area (Å²) < 4.78 is 0. The van der Waals surface area contributed by atoms with Crippen molar-refractivity contribution in [2.75, 3.05) is 32.7 Å². The van der Waals surface area contributed by atoms with Gasteiger partial charge < -0.3 is 5.32 Å². The van der Waals surface area contributed by atoms with Gasteiger partial charge >= 0.3 is 6.03 Å². The van der Waals surface area contributed by atoms with E-state index in [1.54, 1.807) is 0 Å². The van der Waals surface area contributed by atoms with E-state index in [1.165, 1.54) is 11.1 Å². The highest BCUT2D eigenvalue weighted by atomic mass is 16.2. The fraction of sp³-hybridized carbons (Fsp3) is 0.391. The summed E-state index contributed by atoms with van der Waals surface area (Å²) in [6.07, 6.45) is 0. The lowest BCUT2D eigenvalue weighted by molar-refractivity contribution is -0.125. The number of urea groups is 1. The van der Waals surface area contributed by atoms with Crippen LogP contribution in [-0.2, 0) is 4.79 Å². The maximum absolute atomic E-state index is 12.4. The Kier molecular flexibility index (Phi) is 7.38. The molecule has 0 aliphatic carbocycles. The minimum atomic E-state index is -0.434. The molecule has 0 radical (unpaired) electrons. The fourth-order valence-electron chi connectivity index (χ4n) is 3.85. The Hall–Kier alpha value is -2.70. The van der Waals surface area contributed by atoms with Gasteiger partial charge in [0.15, 0.2) is 0 Å². The van der Waals surface area contributed by atoms with Gasteiger partial charge in [0.25, 0.3) is 0 Å². The minimum Gasteiger partial charge on any atom is -0.338 e. The maximum atomic E-state index is 12.4. The molecule has 2 aromatic rings. The average molecular weight is 395 g/mol. The molecule has 29 heavy (non-hydrogen) atoms. The second kappa shape index (κ2) is 10.2. The van der Waals surface area contributed by atoms with Crippen LogP contribution in [0.1, 0.15) is 31.0 Å². The Bertz CT molecular complexity index is 750. The zero-order chi connectivity index (χ0) is 20.6. The van der Waals surface area contributed by atoms with Gasteiger partial charge in [0.2, 0.25) is 5.91 Å². The van der Waals surface area contributed by atoms with Crippen LogP contribution in [0.5, 0.6) is 0 Å². The lowest BCUT2D eigenvalue weighted by Crippen LogP contribution is -2.55. The molecule has 0 saturated carbocycles. The number of imide groups is 1. The predicted octanol–water partition coefficient (Wildman–Crippen LogP) is 2.63. The zero-order valence-corrected chi connectivity index (χ0v) is 17.2. The van der Waals surface area contributed by atoms with E-state index in [2.05, 4.69) is 69.0 Å². The van der Waals surface area contributed by atoms with Gasteiger partial charge in [-0.2, -0.15) is 0 Å². The first-order valence-electron chi connectivity index (χ1n) is 10.3. The lowest BCUT2D eigenvalue weighted by Gasteiger charge is -2.41. The molecule has 0 bridgehead atoms. The summed E-state index contributed by atoms with van der Waals surface area (Å²) >= 11 is 0. The third-order valence-electron chi connectivity index (χ3n) is 5.45. The molecule has 2 aromatic carbocycles. The molecule has 1 fully saturated rings. The van der Waals surface area contributed by atoms with Crippen LogP contribution in [0, 0.1) is 0 Å². The van der Waals surface area contributed by atoms with Crippen LogP contribution >= 0.6 is 0 Å². The van der Waals surface area contributed by atoms with Crippen LogP contribution in [0.15, 0.2) is 60.7 Å². The van der Waals surface area contributed by atoms with Gasteiger partial charge in [-0.15, -0.1) is 0 Å². The number of carbonyl (C=O) groups excluding carboxylic acids is 2. The van der Waals surface area contributed by atoms with Crippen LogP contribution in [-0.4, -0.2) is 60.5 Å². The Labute approximate surface area is 172 Å². The van der Waals surface area contributed by atoms with Crippen molar-refractivity contribution in [2.45, 2.75) is 25.9 Å². The Morgan fingerprint density at radius 3 is 1.83 bits per heavy atom. The number of piperazine rings is 1. The topological polar surface area (TPSA) is 64.7 Å². The smallest absolute Gasteiger partial charge is 0.321 e. The number of nitrogens with one attached hydrogen (secondary N) is 2. The van der Waals surface area contributed by atoms with Crippen LogP contribution in [0.25, 0.3) is 0 Å². The summed E-state index contributed by atoms with van der Waals surface area (Å²) in [4.78, 5) is 28.6. The number of nitrogens with zero attached hydrogens (tertiary/aromatic N) is 2. The summed E-state index contributed by atoms with van der Waals surface area (Å²) in [5.74, 6) is -0.257. The quantitative estimate of drug-likeness (QED) is 0.791. The van der Waals surface area contributed by atoms with E-state index in [0.717, 1.165) is 26.2 Å². The number of amides is 3. The third kappa shape index (κ3) is 5.43. The van der Waals surface area contributed by atoms with E-state index < -0.39 is 6.03 Å². The normalized spacial score (nSPS) is 16.4. The molecule has 1 saturated heterocycles. The maximum Gasteiger partial charge on any atom is 0.321 e. The molecular formula is C23H30N4O2.